The minimum absolute atomic E-state index is 0.721. The van der Waals surface area contributed by atoms with Gasteiger partial charge in [0.15, 0.2) is 0 Å². The van der Waals surface area contributed by atoms with Crippen molar-refractivity contribution in [1.29, 1.82) is 0 Å². The second-order valence-electron chi connectivity index (χ2n) is 5.16. The summed E-state index contributed by atoms with van der Waals surface area (Å²) in [6.45, 7) is 9.41. The Morgan fingerprint density at radius 1 is 1.33 bits per heavy atom. The van der Waals surface area contributed by atoms with Gasteiger partial charge in [0.25, 0.3) is 0 Å². The maximum atomic E-state index is 3.52. The van der Waals surface area contributed by atoms with Gasteiger partial charge in [-0.3, -0.25) is 0 Å². The van der Waals surface area contributed by atoms with Gasteiger partial charge in [-0.1, -0.05) is 13.8 Å². The highest BCUT2D eigenvalue weighted by Gasteiger charge is 2.21. The fourth-order valence-corrected chi connectivity index (χ4v) is 2.87. The van der Waals surface area contributed by atoms with Crippen LogP contribution in [0.15, 0.2) is 0 Å². The van der Waals surface area contributed by atoms with E-state index in [2.05, 4.69) is 38.0 Å². The molecule has 1 fully saturated rings. The second kappa shape index (κ2) is 6.49. The van der Waals surface area contributed by atoms with E-state index in [1.54, 1.807) is 0 Å². The molecule has 0 aromatic carbocycles. The Bertz CT molecular complexity index is 166. The zero-order valence-corrected chi connectivity index (χ0v) is 10.9. The number of piperidine rings is 1. The Morgan fingerprint density at radius 2 is 2.00 bits per heavy atom. The van der Waals surface area contributed by atoms with Gasteiger partial charge in [-0.2, -0.15) is 0 Å². The summed E-state index contributed by atoms with van der Waals surface area (Å²) in [7, 11) is 2.30. The van der Waals surface area contributed by atoms with Crippen LogP contribution >= 0.6 is 0 Å². The van der Waals surface area contributed by atoms with Gasteiger partial charge in [0.1, 0.15) is 0 Å². The van der Waals surface area contributed by atoms with Gasteiger partial charge in [-0.05, 0) is 52.1 Å². The number of hydrogen-bond acceptors (Lipinski definition) is 2. The Labute approximate surface area is 95.4 Å². The third-order valence-electron chi connectivity index (χ3n) is 3.84. The number of hydrogen-bond donors (Lipinski definition) is 1. The molecule has 0 aromatic rings. The lowest BCUT2D eigenvalue weighted by molar-refractivity contribution is 0.168. The van der Waals surface area contributed by atoms with Crippen LogP contribution < -0.4 is 5.32 Å². The predicted molar refractivity (Wildman–Crippen MR) is 67.2 cm³/mol. The van der Waals surface area contributed by atoms with Crippen molar-refractivity contribution in [2.24, 2.45) is 5.92 Å². The summed E-state index contributed by atoms with van der Waals surface area (Å²) < 4.78 is 0. The van der Waals surface area contributed by atoms with E-state index in [1.165, 1.54) is 38.8 Å². The molecule has 1 aliphatic heterocycles. The molecule has 2 nitrogen and oxygen atoms in total. The molecule has 15 heavy (non-hydrogen) atoms. The fourth-order valence-electron chi connectivity index (χ4n) is 2.87. The first-order valence-electron chi connectivity index (χ1n) is 6.60. The summed E-state index contributed by atoms with van der Waals surface area (Å²) in [5.41, 5.74) is 0. The van der Waals surface area contributed by atoms with Gasteiger partial charge in [-0.15, -0.1) is 0 Å². The third kappa shape index (κ3) is 4.12. The van der Waals surface area contributed by atoms with Gasteiger partial charge < -0.3 is 10.2 Å². The third-order valence-corrected chi connectivity index (χ3v) is 3.84. The molecule has 2 atom stereocenters. The topological polar surface area (TPSA) is 15.3 Å². The molecule has 2 unspecified atom stereocenters. The molecule has 0 aromatic heterocycles. The van der Waals surface area contributed by atoms with Crippen LogP contribution in [-0.4, -0.2) is 37.1 Å². The van der Waals surface area contributed by atoms with E-state index in [4.69, 9.17) is 0 Å². The lowest BCUT2D eigenvalue weighted by Crippen LogP contribution is -2.42. The maximum Gasteiger partial charge on any atom is 0.00870 e. The van der Waals surface area contributed by atoms with Crippen molar-refractivity contribution in [3.05, 3.63) is 0 Å². The molecule has 0 aliphatic carbocycles. The average Bonchev–Trinajstić information content (AvgIpc) is 2.19. The van der Waals surface area contributed by atoms with Gasteiger partial charge in [0, 0.05) is 18.6 Å². The van der Waals surface area contributed by atoms with Gasteiger partial charge in [0.2, 0.25) is 0 Å². The second-order valence-corrected chi connectivity index (χ2v) is 5.16. The molecule has 0 saturated carbocycles. The Kier molecular flexibility index (Phi) is 5.62. The molecular weight excluding hydrogens is 184 g/mol. The van der Waals surface area contributed by atoms with E-state index in [9.17, 15) is 0 Å². The first kappa shape index (κ1) is 13.0. The van der Waals surface area contributed by atoms with Gasteiger partial charge >= 0.3 is 0 Å². The zero-order chi connectivity index (χ0) is 11.3. The average molecular weight is 212 g/mol. The van der Waals surface area contributed by atoms with E-state index in [0.29, 0.717) is 0 Å². The van der Waals surface area contributed by atoms with E-state index >= 15 is 0 Å². The smallest absolute Gasteiger partial charge is 0.00870 e. The summed E-state index contributed by atoms with van der Waals surface area (Å²) in [6.07, 6.45) is 5.28. The monoisotopic (exact) mass is 212 g/mol. The van der Waals surface area contributed by atoms with Crippen molar-refractivity contribution < 1.29 is 0 Å². The summed E-state index contributed by atoms with van der Waals surface area (Å²) in [4.78, 5) is 2.57. The minimum Gasteiger partial charge on any atom is -0.314 e. The first-order chi connectivity index (χ1) is 7.17. The van der Waals surface area contributed by atoms with E-state index in [-0.39, 0.29) is 0 Å². The SMILES string of the molecule is CCC(CC)N(C)CC1CCNC(C)C1. The number of nitrogens with one attached hydrogen (secondary N) is 1. The number of rotatable bonds is 5. The Morgan fingerprint density at radius 3 is 2.53 bits per heavy atom. The molecule has 1 N–H and O–H groups in total. The molecule has 0 bridgehead atoms. The van der Waals surface area contributed by atoms with Crippen LogP contribution in [0, 0.1) is 5.92 Å². The highest BCUT2D eigenvalue weighted by atomic mass is 15.1. The fraction of sp³-hybridized carbons (Fsp3) is 1.00. The molecular formula is C13H28N2. The van der Waals surface area contributed by atoms with Crippen molar-refractivity contribution in [3.63, 3.8) is 0 Å². The summed E-state index contributed by atoms with van der Waals surface area (Å²) >= 11 is 0. The molecule has 1 aliphatic rings. The number of nitrogens with zero attached hydrogens (tertiary/aromatic N) is 1. The highest BCUT2D eigenvalue weighted by Crippen LogP contribution is 2.19. The first-order valence-corrected chi connectivity index (χ1v) is 6.60. The lowest BCUT2D eigenvalue weighted by Gasteiger charge is -2.34. The normalized spacial score (nSPS) is 27.6. The zero-order valence-electron chi connectivity index (χ0n) is 10.9. The quantitative estimate of drug-likeness (QED) is 0.753. The minimum atomic E-state index is 0.721. The largest absolute Gasteiger partial charge is 0.314 e. The molecule has 1 saturated heterocycles. The molecule has 0 radical (unpaired) electrons. The highest BCUT2D eigenvalue weighted by molar-refractivity contribution is 4.78. The molecule has 90 valence electrons. The standard InChI is InChI=1S/C13H28N2/c1-5-13(6-2)15(4)10-12-7-8-14-11(3)9-12/h11-14H,5-10H2,1-4H3. The summed E-state index contributed by atoms with van der Waals surface area (Å²) in [5.74, 6) is 0.909. The molecule has 0 spiro atoms. The van der Waals surface area contributed by atoms with Crippen molar-refractivity contribution in [2.45, 2.75) is 58.5 Å². The predicted octanol–water partition coefficient (Wildman–Crippen LogP) is 2.49. The van der Waals surface area contributed by atoms with E-state index < -0.39 is 0 Å². The summed E-state index contributed by atoms with van der Waals surface area (Å²) in [5, 5.41) is 3.52. The lowest BCUT2D eigenvalue weighted by atomic mass is 9.92. The van der Waals surface area contributed by atoms with Crippen LogP contribution in [0.4, 0.5) is 0 Å². The van der Waals surface area contributed by atoms with E-state index in [1.807, 2.05) is 0 Å². The van der Waals surface area contributed by atoms with Crippen LogP contribution in [0.3, 0.4) is 0 Å². The van der Waals surface area contributed by atoms with Crippen molar-refractivity contribution in [3.8, 4) is 0 Å². The van der Waals surface area contributed by atoms with Crippen LogP contribution in [0.1, 0.15) is 46.5 Å². The van der Waals surface area contributed by atoms with E-state index in [0.717, 1.165) is 18.0 Å². The summed E-state index contributed by atoms with van der Waals surface area (Å²) in [6, 6.07) is 1.51. The molecule has 0 amide bonds. The molecule has 2 heteroatoms. The van der Waals surface area contributed by atoms with Crippen LogP contribution in [-0.2, 0) is 0 Å². The van der Waals surface area contributed by atoms with Crippen LogP contribution in [0.5, 0.6) is 0 Å². The molecule has 1 rings (SSSR count). The Hall–Kier alpha value is -0.0800. The maximum absolute atomic E-state index is 3.52. The Balaban J connectivity index is 2.32. The van der Waals surface area contributed by atoms with Gasteiger partial charge in [0.05, 0.1) is 0 Å². The van der Waals surface area contributed by atoms with Crippen molar-refractivity contribution in [2.75, 3.05) is 20.1 Å². The van der Waals surface area contributed by atoms with Crippen molar-refractivity contribution >= 4 is 0 Å². The van der Waals surface area contributed by atoms with Crippen LogP contribution in [0.2, 0.25) is 0 Å². The van der Waals surface area contributed by atoms with Gasteiger partial charge in [-0.25, -0.2) is 0 Å². The molecule has 1 heterocycles. The van der Waals surface area contributed by atoms with Crippen molar-refractivity contribution in [1.82, 2.24) is 10.2 Å². The van der Waals surface area contributed by atoms with Crippen LogP contribution in [0.25, 0.3) is 0 Å².